The van der Waals surface area contributed by atoms with Crippen molar-refractivity contribution >= 4 is 23.3 Å². The van der Waals surface area contributed by atoms with Gasteiger partial charge in [-0.2, -0.15) is 5.21 Å². The minimum atomic E-state index is -0.551. The number of halogens is 2. The molecule has 1 aliphatic heterocycles. The Morgan fingerprint density at radius 1 is 1.24 bits per heavy atom. The van der Waals surface area contributed by atoms with E-state index in [1.807, 2.05) is 0 Å². The van der Waals surface area contributed by atoms with E-state index in [2.05, 4.69) is 46.7 Å². The van der Waals surface area contributed by atoms with Crippen LogP contribution in [0, 0.1) is 17.2 Å². The Balaban J connectivity index is 1.62. The Kier molecular flexibility index (Phi) is 6.74. The normalized spacial score (nSPS) is 14.8. The monoisotopic (exact) mass is 486 g/mol. The summed E-state index contributed by atoms with van der Waals surface area (Å²) >= 11 is 6.27. The van der Waals surface area contributed by atoms with Crippen molar-refractivity contribution in [2.75, 3.05) is 25.5 Å². The summed E-state index contributed by atoms with van der Waals surface area (Å²) in [6.45, 7) is 8.01. The SMILES string of the molecule is COc1ccc(-c2c(F)cc(NC(=O)N3CCC(C(C)(C)C)CC3)cc2-c2nn[nH]n2)cc1Cl. The predicted octanol–water partition coefficient (Wildman–Crippen LogP) is 5.62. The van der Waals surface area contributed by atoms with Crippen LogP contribution in [0.1, 0.15) is 33.6 Å². The summed E-state index contributed by atoms with van der Waals surface area (Å²) in [5.74, 6) is 0.689. The third kappa shape index (κ3) is 4.99. The third-order valence-electron chi connectivity index (χ3n) is 6.38. The lowest BCUT2D eigenvalue weighted by Gasteiger charge is -2.38. The van der Waals surface area contributed by atoms with Gasteiger partial charge in [0.25, 0.3) is 0 Å². The lowest BCUT2D eigenvalue weighted by molar-refractivity contribution is 0.128. The van der Waals surface area contributed by atoms with Gasteiger partial charge in [-0.25, -0.2) is 9.18 Å². The van der Waals surface area contributed by atoms with E-state index in [1.165, 1.54) is 13.2 Å². The first kappa shape index (κ1) is 23.9. The number of hydrogen-bond acceptors (Lipinski definition) is 5. The second-order valence-corrected chi connectivity index (χ2v) is 9.93. The zero-order chi connectivity index (χ0) is 24.5. The molecule has 0 saturated carbocycles. The van der Waals surface area contributed by atoms with Gasteiger partial charge in [-0.3, -0.25) is 0 Å². The van der Waals surface area contributed by atoms with Crippen molar-refractivity contribution in [3.8, 4) is 28.3 Å². The van der Waals surface area contributed by atoms with Gasteiger partial charge in [0.2, 0.25) is 5.82 Å². The van der Waals surface area contributed by atoms with Crippen molar-refractivity contribution in [1.29, 1.82) is 0 Å². The van der Waals surface area contributed by atoms with Crippen LogP contribution in [0.2, 0.25) is 5.02 Å². The Labute approximate surface area is 202 Å². The molecular formula is C24H28ClFN6O2. The molecule has 34 heavy (non-hydrogen) atoms. The number of carbonyl (C=O) groups excluding carboxylic acids is 1. The molecule has 180 valence electrons. The highest BCUT2D eigenvalue weighted by Gasteiger charge is 2.30. The van der Waals surface area contributed by atoms with Crippen molar-refractivity contribution < 1.29 is 13.9 Å². The first-order valence-electron chi connectivity index (χ1n) is 11.1. The number of anilines is 1. The van der Waals surface area contributed by atoms with E-state index < -0.39 is 5.82 Å². The standard InChI is InChI=1S/C24H28ClFN6O2/c1-24(2,3)15-7-9-32(10-8-15)23(33)27-16-12-17(22-28-30-31-29-22)21(19(26)13-16)14-5-6-20(34-4)18(25)11-14/h5-6,11-13,15H,7-10H2,1-4H3,(H,27,33)(H,28,29,30,31). The van der Waals surface area contributed by atoms with Crippen LogP contribution < -0.4 is 10.1 Å². The van der Waals surface area contributed by atoms with Gasteiger partial charge in [0.15, 0.2) is 0 Å². The van der Waals surface area contributed by atoms with Crippen LogP contribution >= 0.6 is 11.6 Å². The van der Waals surface area contributed by atoms with Crippen LogP contribution in [-0.4, -0.2) is 51.8 Å². The van der Waals surface area contributed by atoms with Crippen LogP contribution in [-0.2, 0) is 0 Å². The molecule has 2 amide bonds. The number of urea groups is 1. The number of rotatable bonds is 4. The number of tetrazole rings is 1. The molecule has 1 saturated heterocycles. The van der Waals surface area contributed by atoms with Crippen LogP contribution in [0.3, 0.4) is 0 Å². The van der Waals surface area contributed by atoms with Gasteiger partial charge < -0.3 is 15.0 Å². The summed E-state index contributed by atoms with van der Waals surface area (Å²) in [7, 11) is 1.51. The largest absolute Gasteiger partial charge is 0.495 e. The molecule has 1 aliphatic rings. The van der Waals surface area contributed by atoms with Gasteiger partial charge in [0.05, 0.1) is 12.1 Å². The molecular weight excluding hydrogens is 459 g/mol. The smallest absolute Gasteiger partial charge is 0.321 e. The Morgan fingerprint density at radius 3 is 2.56 bits per heavy atom. The van der Waals surface area contributed by atoms with E-state index in [1.54, 1.807) is 29.2 Å². The first-order chi connectivity index (χ1) is 16.2. The summed E-state index contributed by atoms with van der Waals surface area (Å²) in [4.78, 5) is 14.7. The van der Waals surface area contributed by atoms with E-state index >= 15 is 4.39 Å². The summed E-state index contributed by atoms with van der Waals surface area (Å²) < 4.78 is 20.6. The Morgan fingerprint density at radius 2 is 1.97 bits per heavy atom. The van der Waals surface area contributed by atoms with E-state index in [-0.39, 0.29) is 22.8 Å². The number of benzene rings is 2. The number of piperidine rings is 1. The van der Waals surface area contributed by atoms with Gasteiger partial charge in [-0.1, -0.05) is 38.4 Å². The highest BCUT2D eigenvalue weighted by atomic mass is 35.5. The topological polar surface area (TPSA) is 96.0 Å². The second-order valence-electron chi connectivity index (χ2n) is 9.52. The lowest BCUT2D eigenvalue weighted by atomic mass is 9.75. The molecule has 0 atom stereocenters. The Hall–Kier alpha value is -3.20. The van der Waals surface area contributed by atoms with Crippen molar-refractivity contribution in [1.82, 2.24) is 25.5 Å². The molecule has 8 nitrogen and oxygen atoms in total. The quantitative estimate of drug-likeness (QED) is 0.498. The average Bonchev–Trinajstić information content (AvgIpc) is 3.33. The number of methoxy groups -OCH3 is 1. The van der Waals surface area contributed by atoms with Gasteiger partial charge in [-0.05, 0) is 59.2 Å². The molecule has 3 aromatic rings. The number of hydrogen-bond donors (Lipinski definition) is 2. The maximum Gasteiger partial charge on any atom is 0.321 e. The molecule has 2 heterocycles. The van der Waals surface area contributed by atoms with Crippen molar-refractivity contribution in [2.45, 2.75) is 33.6 Å². The molecule has 4 rings (SSSR count). The highest BCUT2D eigenvalue weighted by molar-refractivity contribution is 6.32. The zero-order valence-corrected chi connectivity index (χ0v) is 20.4. The van der Waals surface area contributed by atoms with Gasteiger partial charge in [0, 0.05) is 29.9 Å². The second kappa shape index (κ2) is 9.58. The van der Waals surface area contributed by atoms with Crippen LogP contribution in [0.15, 0.2) is 30.3 Å². The molecule has 1 aromatic heterocycles. The fraction of sp³-hybridized carbons (Fsp3) is 0.417. The number of aromatic amines is 1. The van der Waals surface area contributed by atoms with Crippen LogP contribution in [0.4, 0.5) is 14.9 Å². The number of H-pyrrole nitrogens is 1. The summed E-state index contributed by atoms with van der Waals surface area (Å²) in [5.41, 5.74) is 1.66. The number of amides is 2. The number of nitrogens with one attached hydrogen (secondary N) is 2. The fourth-order valence-corrected chi connectivity index (χ4v) is 4.66. The van der Waals surface area contributed by atoms with E-state index in [0.29, 0.717) is 46.6 Å². The molecule has 0 spiro atoms. The summed E-state index contributed by atoms with van der Waals surface area (Å²) in [6, 6.07) is 7.64. The zero-order valence-electron chi connectivity index (χ0n) is 19.7. The van der Waals surface area contributed by atoms with Crippen molar-refractivity contribution in [3.63, 3.8) is 0 Å². The number of aromatic nitrogens is 4. The molecule has 2 aromatic carbocycles. The van der Waals surface area contributed by atoms with Gasteiger partial charge >= 0.3 is 6.03 Å². The van der Waals surface area contributed by atoms with Gasteiger partial charge in [0.1, 0.15) is 11.6 Å². The Bertz CT molecular complexity index is 1170. The van der Waals surface area contributed by atoms with E-state index in [0.717, 1.165) is 12.8 Å². The van der Waals surface area contributed by atoms with Crippen molar-refractivity contribution in [3.05, 3.63) is 41.2 Å². The minimum Gasteiger partial charge on any atom is -0.495 e. The number of carbonyl (C=O) groups is 1. The molecule has 0 unspecified atom stereocenters. The lowest BCUT2D eigenvalue weighted by Crippen LogP contribution is -2.43. The van der Waals surface area contributed by atoms with Gasteiger partial charge in [-0.15, -0.1) is 10.2 Å². The van der Waals surface area contributed by atoms with Crippen LogP contribution in [0.25, 0.3) is 22.5 Å². The molecule has 0 bridgehead atoms. The molecule has 0 radical (unpaired) electrons. The molecule has 10 heteroatoms. The number of nitrogens with zero attached hydrogens (tertiary/aromatic N) is 4. The fourth-order valence-electron chi connectivity index (χ4n) is 4.40. The van der Waals surface area contributed by atoms with E-state index in [9.17, 15) is 4.79 Å². The summed E-state index contributed by atoms with van der Waals surface area (Å²) in [5, 5.41) is 17.2. The summed E-state index contributed by atoms with van der Waals surface area (Å²) in [6.07, 6.45) is 1.88. The molecule has 0 aliphatic carbocycles. The third-order valence-corrected chi connectivity index (χ3v) is 6.67. The van der Waals surface area contributed by atoms with Crippen molar-refractivity contribution in [2.24, 2.45) is 11.3 Å². The first-order valence-corrected chi connectivity index (χ1v) is 11.5. The van der Waals surface area contributed by atoms with Crippen LogP contribution in [0.5, 0.6) is 5.75 Å². The number of ether oxygens (including phenoxy) is 1. The predicted molar refractivity (Wildman–Crippen MR) is 129 cm³/mol. The minimum absolute atomic E-state index is 0.197. The maximum absolute atomic E-state index is 15.5. The molecule has 2 N–H and O–H groups in total. The highest BCUT2D eigenvalue weighted by Crippen LogP contribution is 2.38. The maximum atomic E-state index is 15.5. The molecule has 1 fully saturated rings. The van der Waals surface area contributed by atoms with E-state index in [4.69, 9.17) is 16.3 Å². The average molecular weight is 487 g/mol. The number of likely N-dealkylation sites (tertiary alicyclic amines) is 1.